The van der Waals surface area contributed by atoms with Crippen molar-refractivity contribution in [2.24, 2.45) is 0 Å². The van der Waals surface area contributed by atoms with Crippen LogP contribution in [0.25, 0.3) is 0 Å². The molecule has 1 saturated heterocycles. The molecule has 1 unspecified atom stereocenters. The molecule has 1 aliphatic rings. The van der Waals surface area contributed by atoms with Gasteiger partial charge in [0.1, 0.15) is 0 Å². The summed E-state index contributed by atoms with van der Waals surface area (Å²) < 4.78 is 0. The standard InChI is InChI=1S/C15H23N/c1-3-10-15(11-6-7-12-16-15)14-9-5-4-8-13(14)2/h4-5,8-9,16H,3,6-7,10-12H2,1-2H3. The molecule has 1 N–H and O–H groups in total. The molecule has 16 heavy (non-hydrogen) atoms. The lowest BCUT2D eigenvalue weighted by Gasteiger charge is -2.40. The fourth-order valence-corrected chi connectivity index (χ4v) is 3.08. The van der Waals surface area contributed by atoms with Crippen molar-refractivity contribution in [1.29, 1.82) is 0 Å². The zero-order valence-corrected chi connectivity index (χ0v) is 10.6. The first kappa shape index (κ1) is 11.7. The van der Waals surface area contributed by atoms with Crippen LogP contribution in [0.3, 0.4) is 0 Å². The van der Waals surface area contributed by atoms with E-state index in [0.29, 0.717) is 0 Å². The molecule has 1 aliphatic heterocycles. The van der Waals surface area contributed by atoms with E-state index in [1.54, 1.807) is 0 Å². The first-order valence-electron chi connectivity index (χ1n) is 6.60. The molecule has 1 heterocycles. The van der Waals surface area contributed by atoms with E-state index in [4.69, 9.17) is 0 Å². The molecule has 88 valence electrons. The molecule has 0 aromatic heterocycles. The van der Waals surface area contributed by atoms with Crippen LogP contribution in [0.5, 0.6) is 0 Å². The maximum atomic E-state index is 3.79. The Hall–Kier alpha value is -0.820. The van der Waals surface area contributed by atoms with Gasteiger partial charge < -0.3 is 5.32 Å². The molecule has 1 aromatic rings. The first-order chi connectivity index (χ1) is 7.78. The number of piperidine rings is 1. The highest BCUT2D eigenvalue weighted by Gasteiger charge is 2.33. The third kappa shape index (κ3) is 2.15. The second kappa shape index (κ2) is 5.01. The number of rotatable bonds is 3. The van der Waals surface area contributed by atoms with Gasteiger partial charge in [-0.15, -0.1) is 0 Å². The molecule has 0 aliphatic carbocycles. The highest BCUT2D eigenvalue weighted by atomic mass is 15.0. The Morgan fingerprint density at radius 1 is 1.25 bits per heavy atom. The maximum absolute atomic E-state index is 3.79. The van der Waals surface area contributed by atoms with Crippen molar-refractivity contribution in [2.45, 2.75) is 51.5 Å². The number of hydrogen-bond donors (Lipinski definition) is 1. The number of aryl methyl sites for hydroxylation is 1. The molecule has 0 saturated carbocycles. The Kier molecular flexibility index (Phi) is 3.65. The van der Waals surface area contributed by atoms with E-state index in [9.17, 15) is 0 Å². The van der Waals surface area contributed by atoms with E-state index in [-0.39, 0.29) is 5.54 Å². The molecule has 1 aromatic carbocycles. The zero-order chi connectivity index (χ0) is 11.4. The van der Waals surface area contributed by atoms with Gasteiger partial charge in [-0.25, -0.2) is 0 Å². The van der Waals surface area contributed by atoms with Crippen LogP contribution in [0.2, 0.25) is 0 Å². The van der Waals surface area contributed by atoms with Gasteiger partial charge in [-0.2, -0.15) is 0 Å². The molecule has 1 heteroatoms. The quantitative estimate of drug-likeness (QED) is 0.812. The van der Waals surface area contributed by atoms with Gasteiger partial charge in [0.05, 0.1) is 0 Å². The molecule has 1 fully saturated rings. The van der Waals surface area contributed by atoms with Crippen LogP contribution < -0.4 is 5.32 Å². The Labute approximate surface area is 99.3 Å². The second-order valence-electron chi connectivity index (χ2n) is 5.03. The van der Waals surface area contributed by atoms with E-state index in [0.717, 1.165) is 0 Å². The Morgan fingerprint density at radius 2 is 2.06 bits per heavy atom. The molecule has 0 spiro atoms. The van der Waals surface area contributed by atoms with Gasteiger partial charge in [-0.3, -0.25) is 0 Å². The van der Waals surface area contributed by atoms with E-state index in [1.165, 1.54) is 49.8 Å². The lowest BCUT2D eigenvalue weighted by Crippen LogP contribution is -2.46. The van der Waals surface area contributed by atoms with Crippen molar-refractivity contribution in [2.75, 3.05) is 6.54 Å². The number of nitrogens with one attached hydrogen (secondary N) is 1. The third-order valence-electron chi connectivity index (χ3n) is 3.83. The fraction of sp³-hybridized carbons (Fsp3) is 0.600. The largest absolute Gasteiger partial charge is 0.307 e. The fourth-order valence-electron chi connectivity index (χ4n) is 3.08. The summed E-state index contributed by atoms with van der Waals surface area (Å²) in [6.45, 7) is 5.70. The topological polar surface area (TPSA) is 12.0 Å². The van der Waals surface area contributed by atoms with Crippen molar-refractivity contribution in [3.8, 4) is 0 Å². The van der Waals surface area contributed by atoms with Crippen molar-refractivity contribution in [3.63, 3.8) is 0 Å². The Morgan fingerprint density at radius 3 is 2.69 bits per heavy atom. The molecule has 1 atom stereocenters. The minimum Gasteiger partial charge on any atom is -0.307 e. The molecular weight excluding hydrogens is 194 g/mol. The molecule has 0 bridgehead atoms. The minimum atomic E-state index is 0.262. The summed E-state index contributed by atoms with van der Waals surface area (Å²) in [4.78, 5) is 0. The van der Waals surface area contributed by atoms with Gasteiger partial charge in [-0.1, -0.05) is 44.0 Å². The Balaban J connectivity index is 2.34. The molecule has 1 nitrogen and oxygen atoms in total. The van der Waals surface area contributed by atoms with Crippen LogP contribution in [0.15, 0.2) is 24.3 Å². The summed E-state index contributed by atoms with van der Waals surface area (Å²) in [5.41, 5.74) is 3.22. The lowest BCUT2D eigenvalue weighted by atomic mass is 9.77. The molecule has 2 rings (SSSR count). The average molecular weight is 217 g/mol. The third-order valence-corrected chi connectivity index (χ3v) is 3.83. The van der Waals surface area contributed by atoms with E-state index < -0.39 is 0 Å². The first-order valence-corrected chi connectivity index (χ1v) is 6.60. The molecule has 0 radical (unpaired) electrons. The van der Waals surface area contributed by atoms with Gasteiger partial charge in [0.25, 0.3) is 0 Å². The van der Waals surface area contributed by atoms with Gasteiger partial charge in [-0.05, 0) is 43.9 Å². The summed E-state index contributed by atoms with van der Waals surface area (Å²) in [6.07, 6.45) is 6.50. The monoisotopic (exact) mass is 217 g/mol. The molecule has 0 amide bonds. The van der Waals surface area contributed by atoms with Gasteiger partial charge >= 0.3 is 0 Å². The van der Waals surface area contributed by atoms with Crippen LogP contribution >= 0.6 is 0 Å². The highest BCUT2D eigenvalue weighted by Crippen LogP contribution is 2.36. The Bertz CT molecular complexity index is 332. The number of benzene rings is 1. The van der Waals surface area contributed by atoms with Crippen LogP contribution in [0.1, 0.15) is 50.2 Å². The zero-order valence-electron chi connectivity index (χ0n) is 10.6. The van der Waals surface area contributed by atoms with Gasteiger partial charge in [0, 0.05) is 5.54 Å². The lowest BCUT2D eigenvalue weighted by molar-refractivity contribution is 0.236. The smallest absolute Gasteiger partial charge is 0.0437 e. The van der Waals surface area contributed by atoms with Crippen molar-refractivity contribution in [3.05, 3.63) is 35.4 Å². The average Bonchev–Trinajstić information content (AvgIpc) is 2.31. The van der Waals surface area contributed by atoms with Crippen LogP contribution in [0.4, 0.5) is 0 Å². The predicted octanol–water partition coefficient (Wildman–Crippen LogP) is 3.76. The van der Waals surface area contributed by atoms with Crippen LogP contribution in [-0.4, -0.2) is 6.54 Å². The minimum absolute atomic E-state index is 0.262. The van der Waals surface area contributed by atoms with E-state index in [2.05, 4.69) is 43.4 Å². The van der Waals surface area contributed by atoms with Crippen LogP contribution in [0, 0.1) is 6.92 Å². The van der Waals surface area contributed by atoms with Gasteiger partial charge in [0.15, 0.2) is 0 Å². The van der Waals surface area contributed by atoms with Gasteiger partial charge in [0.2, 0.25) is 0 Å². The SMILES string of the molecule is CCCC1(c2ccccc2C)CCCCN1. The summed E-state index contributed by atoms with van der Waals surface area (Å²) in [6, 6.07) is 8.86. The molecular formula is C15H23N. The highest BCUT2D eigenvalue weighted by molar-refractivity contribution is 5.33. The second-order valence-corrected chi connectivity index (χ2v) is 5.03. The summed E-state index contributed by atoms with van der Waals surface area (Å²) in [5, 5.41) is 3.79. The maximum Gasteiger partial charge on any atom is 0.0437 e. The normalized spacial score (nSPS) is 25.6. The van der Waals surface area contributed by atoms with E-state index >= 15 is 0 Å². The van der Waals surface area contributed by atoms with Crippen molar-refractivity contribution >= 4 is 0 Å². The van der Waals surface area contributed by atoms with E-state index in [1.807, 2.05) is 0 Å². The number of hydrogen-bond acceptors (Lipinski definition) is 1. The summed E-state index contributed by atoms with van der Waals surface area (Å²) in [7, 11) is 0. The summed E-state index contributed by atoms with van der Waals surface area (Å²) >= 11 is 0. The van der Waals surface area contributed by atoms with Crippen molar-refractivity contribution < 1.29 is 0 Å². The predicted molar refractivity (Wildman–Crippen MR) is 69.6 cm³/mol. The summed E-state index contributed by atoms with van der Waals surface area (Å²) in [5.74, 6) is 0. The van der Waals surface area contributed by atoms with Crippen LogP contribution in [-0.2, 0) is 5.54 Å². The van der Waals surface area contributed by atoms with Crippen molar-refractivity contribution in [1.82, 2.24) is 5.32 Å².